The van der Waals surface area contributed by atoms with Gasteiger partial charge in [-0.25, -0.2) is 0 Å². The molecular weight excluding hydrogens is 380 g/mol. The minimum atomic E-state index is -0.490. The Bertz CT molecular complexity index is 705. The summed E-state index contributed by atoms with van der Waals surface area (Å²) in [5, 5.41) is 2.47. The summed E-state index contributed by atoms with van der Waals surface area (Å²) >= 11 is 5.86. The van der Waals surface area contributed by atoms with E-state index in [9.17, 15) is 14.4 Å². The molecule has 2 aliphatic rings. The number of carbonyl (C=O) groups excluding carboxylic acids is 3. The molecule has 2 unspecified atom stereocenters. The number of anilines is 1. The van der Waals surface area contributed by atoms with Crippen molar-refractivity contribution in [3.63, 3.8) is 0 Å². The van der Waals surface area contributed by atoms with Crippen molar-refractivity contribution in [1.82, 2.24) is 15.1 Å². The van der Waals surface area contributed by atoms with Crippen molar-refractivity contribution < 1.29 is 14.4 Å². The number of nitrogens with zero attached hydrogens (tertiary/aromatic N) is 3. The Labute approximate surface area is 170 Å². The van der Waals surface area contributed by atoms with Crippen LogP contribution in [0.5, 0.6) is 0 Å². The Hall–Kier alpha value is -2.12. The Balaban J connectivity index is 1.39. The largest absolute Gasteiger partial charge is 0.355 e. The van der Waals surface area contributed by atoms with Gasteiger partial charge in [0.1, 0.15) is 5.38 Å². The molecule has 0 saturated carbocycles. The first-order valence-electron chi connectivity index (χ1n) is 9.74. The van der Waals surface area contributed by atoms with Crippen molar-refractivity contribution in [2.75, 3.05) is 50.7 Å². The van der Waals surface area contributed by atoms with E-state index in [1.54, 1.807) is 16.7 Å². The lowest BCUT2D eigenvalue weighted by Crippen LogP contribution is -2.51. The zero-order valence-corrected chi connectivity index (χ0v) is 16.9. The molecule has 1 N–H and O–H groups in total. The Kier molecular flexibility index (Phi) is 6.91. The quantitative estimate of drug-likeness (QED) is 0.713. The monoisotopic (exact) mass is 406 g/mol. The van der Waals surface area contributed by atoms with Crippen molar-refractivity contribution in [2.45, 2.75) is 18.7 Å². The molecule has 0 radical (unpaired) electrons. The van der Waals surface area contributed by atoms with Crippen LogP contribution in [0.25, 0.3) is 0 Å². The Morgan fingerprint density at radius 3 is 2.50 bits per heavy atom. The van der Waals surface area contributed by atoms with Crippen LogP contribution in [0.2, 0.25) is 0 Å². The summed E-state index contributed by atoms with van der Waals surface area (Å²) in [5.74, 6) is -0.423. The molecule has 28 heavy (non-hydrogen) atoms. The number of piperazine rings is 1. The van der Waals surface area contributed by atoms with Crippen LogP contribution in [0.4, 0.5) is 5.69 Å². The molecule has 0 bridgehead atoms. The predicted molar refractivity (Wildman–Crippen MR) is 108 cm³/mol. The highest BCUT2D eigenvalue weighted by Crippen LogP contribution is 2.24. The van der Waals surface area contributed by atoms with Gasteiger partial charge in [0.2, 0.25) is 17.7 Å². The third-order valence-corrected chi connectivity index (χ3v) is 5.50. The minimum absolute atomic E-state index is 0.0133. The van der Waals surface area contributed by atoms with Gasteiger partial charge in [-0.1, -0.05) is 18.2 Å². The van der Waals surface area contributed by atoms with Crippen molar-refractivity contribution in [3.05, 3.63) is 30.3 Å². The minimum Gasteiger partial charge on any atom is -0.355 e. The van der Waals surface area contributed by atoms with E-state index in [-0.39, 0.29) is 30.1 Å². The fraction of sp³-hybridized carbons (Fsp3) is 0.550. The van der Waals surface area contributed by atoms with E-state index >= 15 is 0 Å². The standard InChI is InChI=1S/C20H27ClN4O3/c1-15(21)20(28)24-11-9-23(10-12-24)8-7-22-19(27)16-13-18(26)25(14-16)17-5-3-2-4-6-17/h2-6,15-16H,7-14H2,1H3,(H,22,27). The smallest absolute Gasteiger partial charge is 0.240 e. The number of hydrogen-bond acceptors (Lipinski definition) is 4. The van der Waals surface area contributed by atoms with Gasteiger partial charge in [-0.15, -0.1) is 11.6 Å². The van der Waals surface area contributed by atoms with Crippen LogP contribution in [-0.2, 0) is 14.4 Å². The van der Waals surface area contributed by atoms with E-state index in [2.05, 4.69) is 10.2 Å². The van der Waals surface area contributed by atoms with Gasteiger partial charge in [-0.3, -0.25) is 19.3 Å². The molecule has 2 atom stereocenters. The lowest BCUT2D eigenvalue weighted by molar-refractivity contribution is -0.132. The molecule has 0 aromatic heterocycles. The summed E-state index contributed by atoms with van der Waals surface area (Å²) in [6.07, 6.45) is 0.248. The van der Waals surface area contributed by atoms with Crippen molar-refractivity contribution >= 4 is 35.0 Å². The number of amides is 3. The third-order valence-electron chi connectivity index (χ3n) is 5.32. The zero-order chi connectivity index (χ0) is 20.1. The number of hydrogen-bond donors (Lipinski definition) is 1. The summed E-state index contributed by atoms with van der Waals surface area (Å²) in [7, 11) is 0. The molecule has 2 fully saturated rings. The van der Waals surface area contributed by atoms with Crippen LogP contribution in [0.15, 0.2) is 30.3 Å². The highest BCUT2D eigenvalue weighted by atomic mass is 35.5. The number of halogens is 1. The summed E-state index contributed by atoms with van der Waals surface area (Å²) in [4.78, 5) is 42.3. The molecule has 8 heteroatoms. The first-order chi connectivity index (χ1) is 13.5. The lowest BCUT2D eigenvalue weighted by atomic mass is 10.1. The van der Waals surface area contributed by atoms with Gasteiger partial charge in [0.15, 0.2) is 0 Å². The fourth-order valence-electron chi connectivity index (χ4n) is 3.67. The van der Waals surface area contributed by atoms with E-state index in [1.165, 1.54) is 0 Å². The number of rotatable bonds is 6. The SMILES string of the molecule is CC(Cl)C(=O)N1CCN(CCNC(=O)C2CC(=O)N(c3ccccc3)C2)CC1. The maximum absolute atomic E-state index is 12.4. The molecule has 152 valence electrons. The van der Waals surface area contributed by atoms with Gasteiger partial charge in [-0.2, -0.15) is 0 Å². The van der Waals surface area contributed by atoms with Gasteiger partial charge >= 0.3 is 0 Å². The highest BCUT2D eigenvalue weighted by molar-refractivity contribution is 6.30. The fourth-order valence-corrected chi connectivity index (χ4v) is 3.80. The van der Waals surface area contributed by atoms with Crippen LogP contribution >= 0.6 is 11.6 Å². The lowest BCUT2D eigenvalue weighted by Gasteiger charge is -2.35. The first kappa shape index (κ1) is 20.6. The maximum Gasteiger partial charge on any atom is 0.240 e. The van der Waals surface area contributed by atoms with Gasteiger partial charge in [-0.05, 0) is 19.1 Å². The second kappa shape index (κ2) is 9.39. The van der Waals surface area contributed by atoms with E-state index < -0.39 is 5.38 Å². The van der Waals surface area contributed by atoms with E-state index in [0.717, 1.165) is 25.3 Å². The first-order valence-corrected chi connectivity index (χ1v) is 10.2. The van der Waals surface area contributed by atoms with E-state index in [1.807, 2.05) is 30.3 Å². The second-order valence-electron chi connectivity index (χ2n) is 7.31. The van der Waals surface area contributed by atoms with Gasteiger partial charge in [0.05, 0.1) is 5.92 Å². The Morgan fingerprint density at radius 2 is 1.86 bits per heavy atom. The maximum atomic E-state index is 12.4. The van der Waals surface area contributed by atoms with Crippen molar-refractivity contribution in [3.8, 4) is 0 Å². The third kappa shape index (κ3) is 5.02. The zero-order valence-electron chi connectivity index (χ0n) is 16.1. The number of para-hydroxylation sites is 1. The van der Waals surface area contributed by atoms with Crippen molar-refractivity contribution in [1.29, 1.82) is 0 Å². The summed E-state index contributed by atoms with van der Waals surface area (Å²) < 4.78 is 0. The van der Waals surface area contributed by atoms with Crippen LogP contribution in [0.3, 0.4) is 0 Å². The molecule has 7 nitrogen and oxygen atoms in total. The predicted octanol–water partition coefficient (Wildman–Crippen LogP) is 0.927. The number of alkyl halides is 1. The molecule has 1 aromatic carbocycles. The average Bonchev–Trinajstić information content (AvgIpc) is 3.10. The van der Waals surface area contributed by atoms with E-state index in [4.69, 9.17) is 11.6 Å². The topological polar surface area (TPSA) is 73.0 Å². The molecule has 0 aliphatic carbocycles. The van der Waals surface area contributed by atoms with E-state index in [0.29, 0.717) is 26.2 Å². The molecule has 3 amide bonds. The number of nitrogens with one attached hydrogen (secondary N) is 1. The molecule has 1 aromatic rings. The Morgan fingerprint density at radius 1 is 1.18 bits per heavy atom. The summed E-state index contributed by atoms with van der Waals surface area (Å²) in [6, 6.07) is 9.44. The molecular formula is C20H27ClN4O3. The average molecular weight is 407 g/mol. The normalized spacial score (nSPS) is 21.6. The second-order valence-corrected chi connectivity index (χ2v) is 7.97. The van der Waals surface area contributed by atoms with Crippen LogP contribution in [-0.4, -0.2) is 78.7 Å². The van der Waals surface area contributed by atoms with Crippen LogP contribution in [0, 0.1) is 5.92 Å². The molecule has 3 rings (SSSR count). The molecule has 2 aliphatic heterocycles. The highest BCUT2D eigenvalue weighted by Gasteiger charge is 2.35. The van der Waals surface area contributed by atoms with Gasteiger partial charge in [0.25, 0.3) is 0 Å². The van der Waals surface area contributed by atoms with Crippen LogP contribution in [0.1, 0.15) is 13.3 Å². The number of carbonyl (C=O) groups is 3. The molecule has 2 heterocycles. The molecule has 0 spiro atoms. The van der Waals surface area contributed by atoms with Crippen molar-refractivity contribution in [2.24, 2.45) is 5.92 Å². The summed E-state index contributed by atoms with van der Waals surface area (Å²) in [6.45, 7) is 6.25. The van der Waals surface area contributed by atoms with Crippen LogP contribution < -0.4 is 10.2 Å². The number of benzene rings is 1. The van der Waals surface area contributed by atoms with Gasteiger partial charge < -0.3 is 15.1 Å². The summed E-state index contributed by atoms with van der Waals surface area (Å²) in [5.41, 5.74) is 0.835. The van der Waals surface area contributed by atoms with Gasteiger partial charge in [0, 0.05) is 57.9 Å². The molecule has 2 saturated heterocycles.